The van der Waals surface area contributed by atoms with Gasteiger partial charge in [0.05, 0.1) is 0 Å². The Morgan fingerprint density at radius 2 is 1.96 bits per heavy atom. The third kappa shape index (κ3) is 2.53. The smallest absolute Gasteiger partial charge is 0.331 e. The monoisotopic (exact) mass is 322 g/mol. The summed E-state index contributed by atoms with van der Waals surface area (Å²) in [6.07, 6.45) is 10.6. The number of ether oxygens (including phenoxy) is 1. The van der Waals surface area contributed by atoms with E-state index in [9.17, 15) is 4.79 Å². The van der Waals surface area contributed by atoms with Gasteiger partial charge in [0.25, 0.3) is 0 Å². The SMILES string of the molecule is CC1(C)C2=CCCC2C2C(OC(=O)C=Cc3ccccc3)CCC21. The normalized spacial score (nSPS) is 33.3. The maximum atomic E-state index is 12.3. The average molecular weight is 322 g/mol. The Labute approximate surface area is 144 Å². The Kier molecular flexibility index (Phi) is 3.86. The van der Waals surface area contributed by atoms with Gasteiger partial charge < -0.3 is 4.74 Å². The third-order valence-electron chi connectivity index (χ3n) is 6.51. The first-order valence-electron chi connectivity index (χ1n) is 9.21. The highest BCUT2D eigenvalue weighted by Gasteiger charge is 2.58. The Bertz CT molecular complexity index is 683. The van der Waals surface area contributed by atoms with E-state index in [0.29, 0.717) is 17.8 Å². The molecule has 4 atom stereocenters. The molecular formula is C22H26O2. The molecule has 3 aliphatic carbocycles. The molecule has 2 nitrogen and oxygen atoms in total. The van der Waals surface area contributed by atoms with Gasteiger partial charge in [-0.15, -0.1) is 0 Å². The highest BCUT2D eigenvalue weighted by atomic mass is 16.5. The number of allylic oxidation sites excluding steroid dienone is 2. The predicted molar refractivity (Wildman–Crippen MR) is 96.2 cm³/mol. The van der Waals surface area contributed by atoms with Crippen molar-refractivity contribution in [3.63, 3.8) is 0 Å². The number of fused-ring (bicyclic) bond motifs is 3. The molecule has 2 fully saturated rings. The maximum absolute atomic E-state index is 12.3. The van der Waals surface area contributed by atoms with Crippen LogP contribution in [0.1, 0.15) is 45.1 Å². The summed E-state index contributed by atoms with van der Waals surface area (Å²) in [7, 11) is 0. The second-order valence-electron chi connectivity index (χ2n) is 8.05. The summed E-state index contributed by atoms with van der Waals surface area (Å²) in [4.78, 5) is 12.3. The number of hydrogen-bond acceptors (Lipinski definition) is 2. The number of esters is 1. The molecule has 0 spiro atoms. The van der Waals surface area contributed by atoms with Crippen LogP contribution in [0.25, 0.3) is 6.08 Å². The van der Waals surface area contributed by atoms with Crippen LogP contribution in [-0.2, 0) is 9.53 Å². The lowest BCUT2D eigenvalue weighted by molar-refractivity contribution is -0.145. The van der Waals surface area contributed by atoms with Gasteiger partial charge in [0.1, 0.15) is 6.10 Å². The maximum Gasteiger partial charge on any atom is 0.331 e. The molecule has 0 heterocycles. The highest BCUT2D eigenvalue weighted by Crippen LogP contribution is 2.63. The Hall–Kier alpha value is -1.83. The van der Waals surface area contributed by atoms with E-state index in [4.69, 9.17) is 4.74 Å². The van der Waals surface area contributed by atoms with Gasteiger partial charge in [-0.05, 0) is 54.6 Å². The minimum Gasteiger partial charge on any atom is -0.459 e. The molecule has 2 saturated carbocycles. The predicted octanol–water partition coefficient (Wildman–Crippen LogP) is 5.01. The van der Waals surface area contributed by atoms with Gasteiger partial charge in [-0.25, -0.2) is 4.79 Å². The quantitative estimate of drug-likeness (QED) is 0.444. The molecular weight excluding hydrogens is 296 g/mol. The molecule has 3 aliphatic rings. The number of benzene rings is 1. The van der Waals surface area contributed by atoms with Crippen molar-refractivity contribution < 1.29 is 9.53 Å². The number of carbonyl (C=O) groups excluding carboxylic acids is 1. The van der Waals surface area contributed by atoms with Crippen molar-refractivity contribution in [3.8, 4) is 0 Å². The van der Waals surface area contributed by atoms with Gasteiger partial charge in [-0.3, -0.25) is 0 Å². The van der Waals surface area contributed by atoms with E-state index in [0.717, 1.165) is 12.0 Å². The fraction of sp³-hybridized carbons (Fsp3) is 0.500. The largest absolute Gasteiger partial charge is 0.459 e. The molecule has 0 bridgehead atoms. The van der Waals surface area contributed by atoms with E-state index < -0.39 is 0 Å². The van der Waals surface area contributed by atoms with Crippen LogP contribution >= 0.6 is 0 Å². The molecule has 0 amide bonds. The third-order valence-corrected chi connectivity index (χ3v) is 6.51. The second kappa shape index (κ2) is 5.91. The molecule has 0 aromatic heterocycles. The Morgan fingerprint density at radius 3 is 2.75 bits per heavy atom. The lowest BCUT2D eigenvalue weighted by atomic mass is 9.77. The first-order chi connectivity index (χ1) is 11.6. The summed E-state index contributed by atoms with van der Waals surface area (Å²) in [5.74, 6) is 1.65. The van der Waals surface area contributed by atoms with E-state index >= 15 is 0 Å². The van der Waals surface area contributed by atoms with Crippen molar-refractivity contribution >= 4 is 12.0 Å². The molecule has 1 aromatic rings. The van der Waals surface area contributed by atoms with E-state index in [1.54, 1.807) is 11.6 Å². The first-order valence-corrected chi connectivity index (χ1v) is 9.21. The zero-order chi connectivity index (χ0) is 16.7. The first kappa shape index (κ1) is 15.7. The van der Waals surface area contributed by atoms with Crippen LogP contribution in [0.3, 0.4) is 0 Å². The summed E-state index contributed by atoms with van der Waals surface area (Å²) in [6, 6.07) is 9.90. The lowest BCUT2D eigenvalue weighted by Gasteiger charge is -2.27. The molecule has 4 unspecified atom stereocenters. The Balaban J connectivity index is 1.46. The molecule has 2 heteroatoms. The summed E-state index contributed by atoms with van der Waals surface area (Å²) in [5, 5.41) is 0. The average Bonchev–Trinajstić information content (AvgIpc) is 3.24. The van der Waals surface area contributed by atoms with Crippen LogP contribution in [0.2, 0.25) is 0 Å². The van der Waals surface area contributed by atoms with Crippen molar-refractivity contribution in [2.24, 2.45) is 23.2 Å². The van der Waals surface area contributed by atoms with Crippen molar-refractivity contribution in [3.05, 3.63) is 53.6 Å². The molecule has 0 radical (unpaired) electrons. The fourth-order valence-corrected chi connectivity index (χ4v) is 5.50. The summed E-state index contributed by atoms with van der Waals surface area (Å²) in [5.41, 5.74) is 2.95. The zero-order valence-corrected chi connectivity index (χ0v) is 14.6. The summed E-state index contributed by atoms with van der Waals surface area (Å²) >= 11 is 0. The molecule has 24 heavy (non-hydrogen) atoms. The van der Waals surface area contributed by atoms with Gasteiger partial charge in [0.15, 0.2) is 0 Å². The van der Waals surface area contributed by atoms with E-state index in [2.05, 4.69) is 19.9 Å². The van der Waals surface area contributed by atoms with Crippen LogP contribution in [0, 0.1) is 23.2 Å². The molecule has 1 aromatic carbocycles. The van der Waals surface area contributed by atoms with Crippen LogP contribution < -0.4 is 0 Å². The number of carbonyl (C=O) groups is 1. The fourth-order valence-electron chi connectivity index (χ4n) is 5.50. The lowest BCUT2D eigenvalue weighted by Crippen LogP contribution is -2.27. The van der Waals surface area contributed by atoms with E-state index in [1.807, 2.05) is 36.4 Å². The topological polar surface area (TPSA) is 26.3 Å². The van der Waals surface area contributed by atoms with Crippen molar-refractivity contribution in [2.75, 3.05) is 0 Å². The van der Waals surface area contributed by atoms with Gasteiger partial charge in [-0.2, -0.15) is 0 Å². The van der Waals surface area contributed by atoms with Gasteiger partial charge >= 0.3 is 5.97 Å². The van der Waals surface area contributed by atoms with Gasteiger partial charge in [-0.1, -0.05) is 55.8 Å². The highest BCUT2D eigenvalue weighted by molar-refractivity contribution is 5.87. The molecule has 0 aliphatic heterocycles. The summed E-state index contributed by atoms with van der Waals surface area (Å²) < 4.78 is 5.90. The second-order valence-corrected chi connectivity index (χ2v) is 8.05. The number of hydrogen-bond donors (Lipinski definition) is 0. The Morgan fingerprint density at radius 1 is 1.17 bits per heavy atom. The van der Waals surface area contributed by atoms with Crippen molar-refractivity contribution in [1.82, 2.24) is 0 Å². The van der Waals surface area contributed by atoms with Crippen LogP contribution in [0.4, 0.5) is 0 Å². The summed E-state index contributed by atoms with van der Waals surface area (Å²) in [6.45, 7) is 4.78. The molecule has 0 saturated heterocycles. The molecule has 4 rings (SSSR count). The number of rotatable bonds is 3. The van der Waals surface area contributed by atoms with Crippen molar-refractivity contribution in [1.29, 1.82) is 0 Å². The van der Waals surface area contributed by atoms with Gasteiger partial charge in [0, 0.05) is 12.0 Å². The molecule has 126 valence electrons. The van der Waals surface area contributed by atoms with Crippen LogP contribution in [0.15, 0.2) is 48.1 Å². The zero-order valence-electron chi connectivity index (χ0n) is 14.6. The minimum atomic E-state index is -0.197. The van der Waals surface area contributed by atoms with Crippen LogP contribution in [-0.4, -0.2) is 12.1 Å². The van der Waals surface area contributed by atoms with E-state index in [1.165, 1.54) is 19.3 Å². The molecule has 0 N–H and O–H groups in total. The standard InChI is InChI=1S/C22H26O2/c1-22(2)17-10-6-9-16(17)21-18(22)12-13-19(21)24-20(23)14-11-15-7-4-3-5-8-15/h3-5,7-8,10-11,14,16,18-19,21H,6,9,12-13H2,1-2H3. The van der Waals surface area contributed by atoms with Crippen molar-refractivity contribution in [2.45, 2.75) is 45.6 Å². The minimum absolute atomic E-state index is 0.0937. The van der Waals surface area contributed by atoms with Gasteiger partial charge in [0.2, 0.25) is 0 Å². The van der Waals surface area contributed by atoms with Crippen LogP contribution in [0.5, 0.6) is 0 Å². The van der Waals surface area contributed by atoms with E-state index in [-0.39, 0.29) is 17.5 Å².